The first-order valence-electron chi connectivity index (χ1n) is 8.16. The molecule has 7 heteroatoms. The summed E-state index contributed by atoms with van der Waals surface area (Å²) in [6, 6.07) is 6.83. The third-order valence-corrected chi connectivity index (χ3v) is 3.92. The van der Waals surface area contributed by atoms with Crippen molar-refractivity contribution in [2.45, 2.75) is 25.8 Å². The first-order chi connectivity index (χ1) is 12.0. The molecule has 1 atom stereocenters. The zero-order valence-corrected chi connectivity index (χ0v) is 14.2. The number of hydrogen-bond acceptors (Lipinski definition) is 3. The number of nitrogens with zero attached hydrogens (tertiary/aromatic N) is 1. The fourth-order valence-corrected chi connectivity index (χ4v) is 2.57. The first kappa shape index (κ1) is 18.3. The van der Waals surface area contributed by atoms with Crippen LogP contribution in [0.5, 0.6) is 0 Å². The molecule has 2 rings (SSSR count). The third-order valence-electron chi connectivity index (χ3n) is 3.92. The van der Waals surface area contributed by atoms with E-state index in [1.54, 1.807) is 4.90 Å². The minimum Gasteiger partial charge on any atom is -0.344 e. The standard InChI is InChI=1S/C18H22N4O3/c1-3-10-19-16(23)12-20-18(25)21-13(2)14-6-8-15(9-7-14)22-11-4-5-17(22)24/h1,6-9,13H,4-5,10-12H2,2H3,(H,19,23)(H2,20,21,25)/t13-/m1/s1. The van der Waals surface area contributed by atoms with Gasteiger partial charge in [0.2, 0.25) is 11.8 Å². The number of benzene rings is 1. The second-order valence-corrected chi connectivity index (χ2v) is 5.77. The van der Waals surface area contributed by atoms with E-state index in [1.165, 1.54) is 0 Å². The van der Waals surface area contributed by atoms with E-state index in [4.69, 9.17) is 6.42 Å². The number of hydrogen-bond donors (Lipinski definition) is 3. The molecule has 0 bridgehead atoms. The molecule has 3 N–H and O–H groups in total. The van der Waals surface area contributed by atoms with Crippen LogP contribution in [0.1, 0.15) is 31.4 Å². The second-order valence-electron chi connectivity index (χ2n) is 5.77. The van der Waals surface area contributed by atoms with Gasteiger partial charge in [0.25, 0.3) is 0 Å². The monoisotopic (exact) mass is 342 g/mol. The van der Waals surface area contributed by atoms with Crippen LogP contribution in [0, 0.1) is 12.3 Å². The largest absolute Gasteiger partial charge is 0.344 e. The molecule has 1 aliphatic rings. The molecule has 1 aromatic rings. The molecule has 1 fully saturated rings. The first-order valence-corrected chi connectivity index (χ1v) is 8.16. The van der Waals surface area contributed by atoms with E-state index in [0.717, 1.165) is 24.2 Å². The maximum absolute atomic E-state index is 11.8. The number of urea groups is 1. The van der Waals surface area contributed by atoms with Crippen LogP contribution in [0.25, 0.3) is 0 Å². The molecule has 1 heterocycles. The lowest BCUT2D eigenvalue weighted by atomic mass is 10.1. The van der Waals surface area contributed by atoms with Gasteiger partial charge >= 0.3 is 6.03 Å². The van der Waals surface area contributed by atoms with Gasteiger partial charge in [0.15, 0.2) is 0 Å². The number of carbonyl (C=O) groups excluding carboxylic acids is 3. The molecule has 1 aromatic carbocycles. The van der Waals surface area contributed by atoms with Crippen LogP contribution >= 0.6 is 0 Å². The molecular formula is C18H22N4O3. The van der Waals surface area contributed by atoms with E-state index < -0.39 is 6.03 Å². The van der Waals surface area contributed by atoms with Gasteiger partial charge in [-0.1, -0.05) is 18.1 Å². The van der Waals surface area contributed by atoms with E-state index >= 15 is 0 Å². The van der Waals surface area contributed by atoms with Crippen LogP contribution < -0.4 is 20.9 Å². The number of nitrogens with one attached hydrogen (secondary N) is 3. The Morgan fingerprint density at radius 1 is 1.28 bits per heavy atom. The summed E-state index contributed by atoms with van der Waals surface area (Å²) in [5.74, 6) is 2.08. The summed E-state index contributed by atoms with van der Waals surface area (Å²) in [6.07, 6.45) is 6.51. The number of rotatable bonds is 6. The average Bonchev–Trinajstić information content (AvgIpc) is 3.04. The van der Waals surface area contributed by atoms with Gasteiger partial charge in [-0.2, -0.15) is 0 Å². The lowest BCUT2D eigenvalue weighted by Gasteiger charge is -2.18. The van der Waals surface area contributed by atoms with Gasteiger partial charge in [-0.05, 0) is 31.0 Å². The normalized spacial score (nSPS) is 14.6. The summed E-state index contributed by atoms with van der Waals surface area (Å²) in [5.41, 5.74) is 1.77. The Labute approximate surface area is 147 Å². The number of carbonyl (C=O) groups is 3. The van der Waals surface area contributed by atoms with Crippen molar-refractivity contribution in [1.29, 1.82) is 0 Å². The van der Waals surface area contributed by atoms with Crippen molar-refractivity contribution in [1.82, 2.24) is 16.0 Å². The third kappa shape index (κ3) is 5.24. The van der Waals surface area contributed by atoms with E-state index in [-0.39, 0.29) is 30.9 Å². The highest BCUT2D eigenvalue weighted by molar-refractivity contribution is 5.95. The Morgan fingerprint density at radius 3 is 2.60 bits per heavy atom. The van der Waals surface area contributed by atoms with Crippen LogP contribution in [0.3, 0.4) is 0 Å². The summed E-state index contributed by atoms with van der Waals surface area (Å²) in [5, 5.41) is 7.68. The van der Waals surface area contributed by atoms with Gasteiger partial charge in [-0.3, -0.25) is 9.59 Å². The predicted molar refractivity (Wildman–Crippen MR) is 94.8 cm³/mol. The highest BCUT2D eigenvalue weighted by Crippen LogP contribution is 2.23. The van der Waals surface area contributed by atoms with Crippen molar-refractivity contribution < 1.29 is 14.4 Å². The average molecular weight is 342 g/mol. The van der Waals surface area contributed by atoms with Gasteiger partial charge in [0.05, 0.1) is 19.1 Å². The Hall–Kier alpha value is -3.01. The maximum atomic E-state index is 11.8. The van der Waals surface area contributed by atoms with Crippen molar-refractivity contribution >= 4 is 23.5 Å². The smallest absolute Gasteiger partial charge is 0.315 e. The molecule has 0 aliphatic carbocycles. The van der Waals surface area contributed by atoms with Crippen molar-refractivity contribution in [3.05, 3.63) is 29.8 Å². The highest BCUT2D eigenvalue weighted by atomic mass is 16.2. The predicted octanol–water partition coefficient (Wildman–Crippen LogP) is 0.923. The van der Waals surface area contributed by atoms with Crippen LogP contribution in [0.2, 0.25) is 0 Å². The molecule has 0 unspecified atom stereocenters. The molecular weight excluding hydrogens is 320 g/mol. The van der Waals surface area contributed by atoms with Crippen LogP contribution in [-0.4, -0.2) is 37.5 Å². The van der Waals surface area contributed by atoms with Gasteiger partial charge in [-0.25, -0.2) is 4.79 Å². The topological polar surface area (TPSA) is 90.5 Å². The number of terminal acetylenes is 1. The van der Waals surface area contributed by atoms with Gasteiger partial charge < -0.3 is 20.9 Å². The summed E-state index contributed by atoms with van der Waals surface area (Å²) in [4.78, 5) is 36.7. The fraction of sp³-hybridized carbons (Fsp3) is 0.389. The molecule has 1 aliphatic heterocycles. The van der Waals surface area contributed by atoms with Crippen LogP contribution in [0.15, 0.2) is 24.3 Å². The Morgan fingerprint density at radius 2 is 2.00 bits per heavy atom. The molecule has 25 heavy (non-hydrogen) atoms. The summed E-state index contributed by atoms with van der Waals surface area (Å²) < 4.78 is 0. The minimum atomic E-state index is -0.442. The molecule has 7 nitrogen and oxygen atoms in total. The lowest BCUT2D eigenvalue weighted by Crippen LogP contribution is -2.42. The SMILES string of the molecule is C#CCNC(=O)CNC(=O)N[C@H](C)c1ccc(N2CCCC2=O)cc1. The Kier molecular flexibility index (Phi) is 6.40. The zero-order chi connectivity index (χ0) is 18.2. The van der Waals surface area contributed by atoms with Crippen molar-refractivity contribution in [2.75, 3.05) is 24.5 Å². The van der Waals surface area contributed by atoms with Crippen molar-refractivity contribution in [3.63, 3.8) is 0 Å². The van der Waals surface area contributed by atoms with Gasteiger partial charge in [0, 0.05) is 18.7 Å². The molecule has 1 saturated heterocycles. The summed E-state index contributed by atoms with van der Waals surface area (Å²) in [6.45, 7) is 2.57. The number of amides is 4. The Bertz CT molecular complexity index is 679. The summed E-state index contributed by atoms with van der Waals surface area (Å²) in [7, 11) is 0. The van der Waals surface area contributed by atoms with E-state index in [0.29, 0.717) is 6.42 Å². The van der Waals surface area contributed by atoms with Crippen molar-refractivity contribution in [2.24, 2.45) is 0 Å². The molecule has 132 valence electrons. The van der Waals surface area contributed by atoms with Crippen molar-refractivity contribution in [3.8, 4) is 12.3 Å². The molecule has 0 saturated carbocycles. The van der Waals surface area contributed by atoms with Crippen LogP contribution in [-0.2, 0) is 9.59 Å². The quantitative estimate of drug-likeness (QED) is 0.672. The highest BCUT2D eigenvalue weighted by Gasteiger charge is 2.21. The molecule has 0 radical (unpaired) electrons. The Balaban J connectivity index is 1.83. The van der Waals surface area contributed by atoms with Gasteiger partial charge in [-0.15, -0.1) is 6.42 Å². The van der Waals surface area contributed by atoms with Gasteiger partial charge in [0.1, 0.15) is 0 Å². The number of anilines is 1. The second kappa shape index (κ2) is 8.73. The van der Waals surface area contributed by atoms with E-state index in [2.05, 4.69) is 21.9 Å². The van der Waals surface area contributed by atoms with E-state index in [1.807, 2.05) is 31.2 Å². The molecule has 0 spiro atoms. The van der Waals surface area contributed by atoms with E-state index in [9.17, 15) is 14.4 Å². The fourth-order valence-electron chi connectivity index (χ4n) is 2.57. The zero-order valence-electron chi connectivity index (χ0n) is 14.2. The minimum absolute atomic E-state index is 0.129. The maximum Gasteiger partial charge on any atom is 0.315 e. The molecule has 0 aromatic heterocycles. The lowest BCUT2D eigenvalue weighted by molar-refractivity contribution is -0.120. The van der Waals surface area contributed by atoms with Crippen LogP contribution in [0.4, 0.5) is 10.5 Å². The summed E-state index contributed by atoms with van der Waals surface area (Å²) >= 11 is 0. The molecule has 4 amide bonds.